The second-order valence-corrected chi connectivity index (χ2v) is 7.42. The van der Waals surface area contributed by atoms with Crippen molar-refractivity contribution in [2.75, 3.05) is 24.5 Å². The van der Waals surface area contributed by atoms with Gasteiger partial charge in [0.1, 0.15) is 22.5 Å². The van der Waals surface area contributed by atoms with E-state index in [1.807, 2.05) is 18.3 Å². The molecule has 2 aromatic rings. The van der Waals surface area contributed by atoms with E-state index in [1.54, 1.807) is 0 Å². The molecule has 0 bridgehead atoms. The zero-order valence-electron chi connectivity index (χ0n) is 13.3. The number of nitrogens with two attached hydrogens (primary N) is 1. The lowest BCUT2D eigenvalue weighted by molar-refractivity contribution is -0.120. The number of aryl methyl sites for hydroxylation is 3. The number of thiophene rings is 1. The third kappa shape index (κ3) is 2.57. The van der Waals surface area contributed by atoms with E-state index in [4.69, 9.17) is 10.7 Å². The van der Waals surface area contributed by atoms with Crippen molar-refractivity contribution in [1.29, 1.82) is 0 Å². The maximum atomic E-state index is 11.5. The molecule has 1 amide bonds. The summed E-state index contributed by atoms with van der Waals surface area (Å²) in [4.78, 5) is 25.7. The number of nitrogens with zero attached hydrogens (tertiary/aromatic N) is 3. The van der Waals surface area contributed by atoms with Gasteiger partial charge in [-0.05, 0) is 38.2 Å². The van der Waals surface area contributed by atoms with Crippen LogP contribution in [-0.2, 0) is 17.6 Å². The number of aromatic nitrogens is 2. The predicted octanol–water partition coefficient (Wildman–Crippen LogP) is 1.14. The summed E-state index contributed by atoms with van der Waals surface area (Å²) in [6, 6.07) is -0.316. The van der Waals surface area contributed by atoms with Gasteiger partial charge in [0, 0.05) is 24.5 Å². The molecular weight excluding hydrogens is 310 g/mol. The smallest absolute Gasteiger partial charge is 0.236 e. The Morgan fingerprint density at radius 2 is 2.17 bits per heavy atom. The summed E-state index contributed by atoms with van der Waals surface area (Å²) >= 11 is 1.81. The number of rotatable bonds is 2. The average molecular weight is 331 g/mol. The zero-order chi connectivity index (χ0) is 16.0. The van der Waals surface area contributed by atoms with Crippen LogP contribution in [0.25, 0.3) is 10.2 Å². The average Bonchev–Trinajstić information content (AvgIpc) is 2.92. The Balaban J connectivity index is 1.82. The van der Waals surface area contributed by atoms with E-state index >= 15 is 0 Å². The van der Waals surface area contributed by atoms with Crippen LogP contribution >= 0.6 is 11.3 Å². The standard InChI is InChI=1S/C16H21N5OS/c1-9-19-15(21-7-6-18-11(8-21)14(17)22)13-10-4-2-3-5-12(10)23-16(13)20-9/h11,18H,2-8H2,1H3,(H2,17,22). The van der Waals surface area contributed by atoms with Crippen molar-refractivity contribution in [1.82, 2.24) is 15.3 Å². The third-order valence-electron chi connectivity index (χ3n) is 4.73. The molecule has 23 heavy (non-hydrogen) atoms. The van der Waals surface area contributed by atoms with E-state index in [0.717, 1.165) is 42.4 Å². The molecule has 1 fully saturated rings. The van der Waals surface area contributed by atoms with Crippen molar-refractivity contribution in [2.24, 2.45) is 5.73 Å². The molecule has 0 saturated carbocycles. The maximum absolute atomic E-state index is 11.5. The highest BCUT2D eigenvalue weighted by atomic mass is 32.1. The molecule has 6 nitrogen and oxygen atoms in total. The van der Waals surface area contributed by atoms with Crippen LogP contribution in [0.4, 0.5) is 5.82 Å². The Kier molecular flexibility index (Phi) is 3.69. The molecule has 3 heterocycles. The number of hydrogen-bond acceptors (Lipinski definition) is 6. The molecule has 4 rings (SSSR count). The lowest BCUT2D eigenvalue weighted by Crippen LogP contribution is -2.56. The summed E-state index contributed by atoms with van der Waals surface area (Å²) in [6.45, 7) is 4.09. The minimum absolute atomic E-state index is 0.302. The Labute approximate surface area is 139 Å². The normalized spacial score (nSPS) is 21.4. The first-order chi connectivity index (χ1) is 11.1. The molecule has 0 radical (unpaired) electrons. The van der Waals surface area contributed by atoms with E-state index in [-0.39, 0.29) is 11.9 Å². The van der Waals surface area contributed by atoms with Gasteiger partial charge < -0.3 is 16.0 Å². The van der Waals surface area contributed by atoms with Crippen molar-refractivity contribution < 1.29 is 4.79 Å². The number of nitrogens with one attached hydrogen (secondary N) is 1. The SMILES string of the molecule is Cc1nc(N2CCNC(C(N)=O)C2)c2c3c(sc2n1)CCCC3. The van der Waals surface area contributed by atoms with Crippen LogP contribution in [0.1, 0.15) is 29.1 Å². The molecule has 1 saturated heterocycles. The number of piperazine rings is 1. The van der Waals surface area contributed by atoms with E-state index in [0.29, 0.717) is 6.54 Å². The Hall–Kier alpha value is -1.73. The van der Waals surface area contributed by atoms with Gasteiger partial charge in [0.15, 0.2) is 0 Å². The van der Waals surface area contributed by atoms with Gasteiger partial charge in [0.25, 0.3) is 0 Å². The highest BCUT2D eigenvalue weighted by Crippen LogP contribution is 2.39. The Morgan fingerprint density at radius 1 is 1.35 bits per heavy atom. The number of anilines is 1. The minimum atomic E-state index is -0.316. The fraction of sp³-hybridized carbons (Fsp3) is 0.562. The summed E-state index contributed by atoms with van der Waals surface area (Å²) in [7, 11) is 0. The first-order valence-electron chi connectivity index (χ1n) is 8.20. The van der Waals surface area contributed by atoms with E-state index in [1.165, 1.54) is 28.7 Å². The highest BCUT2D eigenvalue weighted by molar-refractivity contribution is 7.19. The van der Waals surface area contributed by atoms with E-state index in [2.05, 4.69) is 15.2 Å². The molecule has 3 N–H and O–H groups in total. The minimum Gasteiger partial charge on any atom is -0.368 e. The van der Waals surface area contributed by atoms with Crippen LogP contribution in [0.15, 0.2) is 0 Å². The monoisotopic (exact) mass is 331 g/mol. The number of primary amides is 1. The van der Waals surface area contributed by atoms with Gasteiger partial charge in [-0.2, -0.15) is 0 Å². The summed E-state index contributed by atoms with van der Waals surface area (Å²) in [5, 5.41) is 4.39. The molecular formula is C16H21N5OS. The van der Waals surface area contributed by atoms with Crippen LogP contribution in [0, 0.1) is 6.92 Å². The van der Waals surface area contributed by atoms with Crippen LogP contribution in [-0.4, -0.2) is 41.6 Å². The Morgan fingerprint density at radius 3 is 3.00 bits per heavy atom. The van der Waals surface area contributed by atoms with Crippen molar-refractivity contribution >= 4 is 33.3 Å². The van der Waals surface area contributed by atoms with Crippen LogP contribution < -0.4 is 16.0 Å². The number of carbonyl (C=O) groups excluding carboxylic acids is 1. The molecule has 1 atom stereocenters. The fourth-order valence-electron chi connectivity index (χ4n) is 3.60. The first kappa shape index (κ1) is 14.8. The van der Waals surface area contributed by atoms with Crippen molar-refractivity contribution in [3.05, 3.63) is 16.3 Å². The predicted molar refractivity (Wildman–Crippen MR) is 92.0 cm³/mol. The van der Waals surface area contributed by atoms with Crippen LogP contribution in [0.5, 0.6) is 0 Å². The van der Waals surface area contributed by atoms with Gasteiger partial charge >= 0.3 is 0 Å². The number of hydrogen-bond donors (Lipinski definition) is 2. The van der Waals surface area contributed by atoms with Gasteiger partial charge in [0.05, 0.1) is 5.39 Å². The van der Waals surface area contributed by atoms with Crippen LogP contribution in [0.2, 0.25) is 0 Å². The number of carbonyl (C=O) groups is 1. The highest BCUT2D eigenvalue weighted by Gasteiger charge is 2.28. The molecule has 7 heteroatoms. The van der Waals surface area contributed by atoms with Gasteiger partial charge in [0.2, 0.25) is 5.91 Å². The first-order valence-corrected chi connectivity index (χ1v) is 9.01. The second-order valence-electron chi connectivity index (χ2n) is 6.34. The van der Waals surface area contributed by atoms with Crippen molar-refractivity contribution in [2.45, 2.75) is 38.6 Å². The van der Waals surface area contributed by atoms with Gasteiger partial charge in [-0.3, -0.25) is 4.79 Å². The third-order valence-corrected chi connectivity index (χ3v) is 5.91. The zero-order valence-corrected chi connectivity index (χ0v) is 14.1. The quantitative estimate of drug-likeness (QED) is 0.862. The van der Waals surface area contributed by atoms with Gasteiger partial charge in [-0.25, -0.2) is 9.97 Å². The number of amides is 1. The second kappa shape index (κ2) is 5.72. The van der Waals surface area contributed by atoms with E-state index in [9.17, 15) is 4.79 Å². The molecule has 0 aromatic carbocycles. The summed E-state index contributed by atoms with van der Waals surface area (Å²) in [5.41, 5.74) is 6.91. The van der Waals surface area contributed by atoms with E-state index < -0.39 is 0 Å². The van der Waals surface area contributed by atoms with Gasteiger partial charge in [-0.15, -0.1) is 11.3 Å². The van der Waals surface area contributed by atoms with Crippen molar-refractivity contribution in [3.8, 4) is 0 Å². The lowest BCUT2D eigenvalue weighted by Gasteiger charge is -2.33. The molecule has 2 aromatic heterocycles. The molecule has 0 spiro atoms. The molecule has 1 aliphatic heterocycles. The lowest BCUT2D eigenvalue weighted by atomic mass is 9.96. The van der Waals surface area contributed by atoms with Crippen molar-refractivity contribution in [3.63, 3.8) is 0 Å². The number of fused-ring (bicyclic) bond motifs is 3. The largest absolute Gasteiger partial charge is 0.368 e. The summed E-state index contributed by atoms with van der Waals surface area (Å²) < 4.78 is 0. The molecule has 1 unspecified atom stereocenters. The van der Waals surface area contributed by atoms with Gasteiger partial charge in [-0.1, -0.05) is 0 Å². The van der Waals surface area contributed by atoms with Crippen LogP contribution in [0.3, 0.4) is 0 Å². The summed E-state index contributed by atoms with van der Waals surface area (Å²) in [6.07, 6.45) is 4.76. The topological polar surface area (TPSA) is 84.1 Å². The summed E-state index contributed by atoms with van der Waals surface area (Å²) in [5.74, 6) is 1.48. The fourth-order valence-corrected chi connectivity index (χ4v) is 4.91. The Bertz CT molecular complexity index is 771. The maximum Gasteiger partial charge on any atom is 0.236 e. The molecule has 1 aliphatic carbocycles. The molecule has 122 valence electrons. The molecule has 2 aliphatic rings.